The van der Waals surface area contributed by atoms with E-state index in [0.29, 0.717) is 21.8 Å². The molecule has 0 aliphatic carbocycles. The van der Waals surface area contributed by atoms with Crippen molar-refractivity contribution in [1.82, 2.24) is 9.97 Å². The second-order valence-electron chi connectivity index (χ2n) is 4.51. The fourth-order valence-electron chi connectivity index (χ4n) is 1.93. The lowest BCUT2D eigenvalue weighted by atomic mass is 10.2. The minimum absolute atomic E-state index is 0.286. The van der Waals surface area contributed by atoms with E-state index in [9.17, 15) is 4.39 Å². The van der Waals surface area contributed by atoms with Crippen LogP contribution in [0.25, 0.3) is 11.4 Å². The average molecular weight is 379 g/mol. The van der Waals surface area contributed by atoms with E-state index in [1.165, 1.54) is 6.07 Å². The van der Waals surface area contributed by atoms with E-state index in [0.717, 1.165) is 5.56 Å². The maximum absolute atomic E-state index is 13.9. The third-order valence-corrected chi connectivity index (χ3v) is 3.61. The van der Waals surface area contributed by atoms with Crippen molar-refractivity contribution in [3.8, 4) is 11.4 Å². The second-order valence-corrected chi connectivity index (χ2v) is 5.82. The smallest absolute Gasteiger partial charge is 0.163 e. The van der Waals surface area contributed by atoms with Gasteiger partial charge in [-0.1, -0.05) is 57.9 Å². The van der Waals surface area contributed by atoms with Crippen LogP contribution in [0.1, 0.15) is 0 Å². The molecule has 0 fully saturated rings. The molecule has 0 spiro atoms. The predicted octanol–water partition coefficient (Wildman–Crippen LogP) is 5.44. The van der Waals surface area contributed by atoms with Crippen molar-refractivity contribution in [2.75, 3.05) is 5.32 Å². The van der Waals surface area contributed by atoms with Crippen LogP contribution in [0.5, 0.6) is 0 Å². The number of aromatic nitrogens is 2. The molecule has 0 saturated heterocycles. The highest BCUT2D eigenvalue weighted by molar-refractivity contribution is 9.10. The molecular weight excluding hydrogens is 369 g/mol. The van der Waals surface area contributed by atoms with Crippen LogP contribution in [0, 0.1) is 5.82 Å². The Labute approximate surface area is 140 Å². The van der Waals surface area contributed by atoms with Gasteiger partial charge in [0.2, 0.25) is 0 Å². The molecule has 1 N–H and O–H groups in total. The monoisotopic (exact) mass is 377 g/mol. The normalized spacial score (nSPS) is 10.5. The number of halogens is 3. The summed E-state index contributed by atoms with van der Waals surface area (Å²) in [7, 11) is 0. The molecule has 6 heteroatoms. The van der Waals surface area contributed by atoms with Crippen molar-refractivity contribution in [2.24, 2.45) is 0 Å². The number of rotatable bonds is 3. The van der Waals surface area contributed by atoms with E-state index >= 15 is 0 Å². The van der Waals surface area contributed by atoms with Crippen LogP contribution in [0.2, 0.25) is 5.15 Å². The summed E-state index contributed by atoms with van der Waals surface area (Å²) in [6.45, 7) is 0. The van der Waals surface area contributed by atoms with Crippen molar-refractivity contribution >= 4 is 39.0 Å². The molecule has 0 amide bonds. The van der Waals surface area contributed by atoms with Crippen molar-refractivity contribution in [3.63, 3.8) is 0 Å². The van der Waals surface area contributed by atoms with Gasteiger partial charge in [0.1, 0.15) is 16.8 Å². The molecule has 3 aromatic rings. The lowest BCUT2D eigenvalue weighted by molar-refractivity contribution is 0.631. The zero-order valence-electron chi connectivity index (χ0n) is 11.2. The van der Waals surface area contributed by atoms with Crippen LogP contribution < -0.4 is 5.32 Å². The lowest BCUT2D eigenvalue weighted by Gasteiger charge is -2.09. The highest BCUT2D eigenvalue weighted by atomic mass is 79.9. The maximum Gasteiger partial charge on any atom is 0.163 e. The summed E-state index contributed by atoms with van der Waals surface area (Å²) in [4.78, 5) is 8.57. The van der Waals surface area contributed by atoms with Gasteiger partial charge >= 0.3 is 0 Å². The highest BCUT2D eigenvalue weighted by Gasteiger charge is 2.08. The Hall–Kier alpha value is -1.98. The van der Waals surface area contributed by atoms with Gasteiger partial charge in [-0.05, 0) is 18.2 Å². The van der Waals surface area contributed by atoms with Crippen molar-refractivity contribution in [2.45, 2.75) is 0 Å². The molecule has 110 valence electrons. The maximum atomic E-state index is 13.9. The van der Waals surface area contributed by atoms with Crippen LogP contribution in [0.15, 0.2) is 59.1 Å². The summed E-state index contributed by atoms with van der Waals surface area (Å²) in [5, 5.41) is 3.21. The van der Waals surface area contributed by atoms with Crippen molar-refractivity contribution in [1.29, 1.82) is 0 Å². The van der Waals surface area contributed by atoms with Gasteiger partial charge in [-0.3, -0.25) is 0 Å². The van der Waals surface area contributed by atoms with Crippen molar-refractivity contribution < 1.29 is 4.39 Å². The Morgan fingerprint density at radius 1 is 1.00 bits per heavy atom. The van der Waals surface area contributed by atoms with Gasteiger partial charge in [0.15, 0.2) is 5.82 Å². The van der Waals surface area contributed by atoms with E-state index in [1.807, 2.05) is 30.3 Å². The van der Waals surface area contributed by atoms with Crippen molar-refractivity contribution in [3.05, 3.63) is 70.0 Å². The highest BCUT2D eigenvalue weighted by Crippen LogP contribution is 2.25. The van der Waals surface area contributed by atoms with E-state index in [-0.39, 0.29) is 11.0 Å². The van der Waals surface area contributed by atoms with Gasteiger partial charge in [-0.2, -0.15) is 0 Å². The molecule has 0 saturated carbocycles. The van der Waals surface area contributed by atoms with Gasteiger partial charge in [0, 0.05) is 16.1 Å². The number of hydrogen-bond acceptors (Lipinski definition) is 3. The molecule has 0 aliphatic heterocycles. The molecule has 1 aromatic heterocycles. The summed E-state index contributed by atoms with van der Waals surface area (Å²) in [6, 6.07) is 15.8. The summed E-state index contributed by atoms with van der Waals surface area (Å²) < 4.78 is 14.6. The van der Waals surface area contributed by atoms with Gasteiger partial charge in [0.25, 0.3) is 0 Å². The third-order valence-electron chi connectivity index (χ3n) is 2.92. The zero-order valence-corrected chi connectivity index (χ0v) is 13.6. The quantitative estimate of drug-likeness (QED) is 0.616. The Kier molecular flexibility index (Phi) is 4.36. The first-order valence-corrected chi connectivity index (χ1v) is 7.61. The molecule has 0 radical (unpaired) electrons. The van der Waals surface area contributed by atoms with E-state index in [1.54, 1.807) is 18.2 Å². The number of benzene rings is 2. The Bertz CT molecular complexity index is 812. The fourth-order valence-corrected chi connectivity index (χ4v) is 2.44. The molecule has 0 aliphatic rings. The third kappa shape index (κ3) is 3.43. The molecule has 22 heavy (non-hydrogen) atoms. The Balaban J connectivity index is 1.96. The predicted molar refractivity (Wildman–Crippen MR) is 89.9 cm³/mol. The average Bonchev–Trinajstić information content (AvgIpc) is 2.50. The molecule has 3 nitrogen and oxygen atoms in total. The van der Waals surface area contributed by atoms with Crippen LogP contribution in [-0.4, -0.2) is 9.97 Å². The molecule has 1 heterocycles. The zero-order chi connectivity index (χ0) is 15.5. The lowest BCUT2D eigenvalue weighted by Crippen LogP contribution is -1.99. The van der Waals surface area contributed by atoms with E-state index < -0.39 is 0 Å². The standard InChI is InChI=1S/C16H10BrClFN3/c17-11-6-7-13(12(19)8-11)20-15-9-14(18)21-16(22-15)10-4-2-1-3-5-10/h1-9H,(H,20,21,22). The van der Waals surface area contributed by atoms with Crippen LogP contribution >= 0.6 is 27.5 Å². The topological polar surface area (TPSA) is 37.8 Å². The Morgan fingerprint density at radius 3 is 2.50 bits per heavy atom. The number of nitrogens with one attached hydrogen (secondary N) is 1. The number of nitrogens with zero attached hydrogens (tertiary/aromatic N) is 2. The largest absolute Gasteiger partial charge is 0.338 e. The molecular formula is C16H10BrClFN3. The van der Waals surface area contributed by atoms with Crippen LogP contribution in [-0.2, 0) is 0 Å². The summed E-state index contributed by atoms with van der Waals surface area (Å²) in [5.74, 6) is 0.526. The number of anilines is 2. The fraction of sp³-hybridized carbons (Fsp3) is 0. The molecule has 0 unspecified atom stereocenters. The van der Waals surface area contributed by atoms with Crippen LogP contribution in [0.4, 0.5) is 15.9 Å². The van der Waals surface area contributed by atoms with E-state index in [4.69, 9.17) is 11.6 Å². The molecule has 0 bridgehead atoms. The summed E-state index contributed by atoms with van der Waals surface area (Å²) in [6.07, 6.45) is 0. The molecule has 2 aromatic carbocycles. The van der Waals surface area contributed by atoms with Crippen LogP contribution in [0.3, 0.4) is 0 Å². The van der Waals surface area contributed by atoms with Gasteiger partial charge in [-0.25, -0.2) is 14.4 Å². The second kappa shape index (κ2) is 6.42. The first-order chi connectivity index (χ1) is 10.6. The summed E-state index contributed by atoms with van der Waals surface area (Å²) >= 11 is 9.26. The minimum atomic E-state index is -0.384. The first kappa shape index (κ1) is 14.9. The van der Waals surface area contributed by atoms with Gasteiger partial charge in [0.05, 0.1) is 5.69 Å². The number of hydrogen-bond donors (Lipinski definition) is 1. The molecule has 0 atom stereocenters. The van der Waals surface area contributed by atoms with E-state index in [2.05, 4.69) is 31.2 Å². The Morgan fingerprint density at radius 2 is 1.77 bits per heavy atom. The SMILES string of the molecule is Fc1cc(Br)ccc1Nc1cc(Cl)nc(-c2ccccc2)n1. The van der Waals surface area contributed by atoms with Gasteiger partial charge in [-0.15, -0.1) is 0 Å². The summed E-state index contributed by atoms with van der Waals surface area (Å²) in [5.41, 5.74) is 1.15. The molecule has 3 rings (SSSR count). The van der Waals surface area contributed by atoms with Gasteiger partial charge < -0.3 is 5.32 Å². The minimum Gasteiger partial charge on any atom is -0.338 e. The first-order valence-electron chi connectivity index (χ1n) is 6.44.